The number of urea groups is 2. The number of likely N-dealkylation sites (tertiary alicyclic amines) is 1. The molecule has 0 radical (unpaired) electrons. The molecule has 1 aromatic rings. The molecule has 0 saturated carbocycles. The molecule has 3 heterocycles. The Balaban J connectivity index is 1.55. The molecule has 0 spiro atoms. The van der Waals surface area contributed by atoms with Crippen LogP contribution in [0.25, 0.3) is 0 Å². The van der Waals surface area contributed by atoms with E-state index in [0.29, 0.717) is 37.7 Å². The van der Waals surface area contributed by atoms with Crippen molar-refractivity contribution in [3.8, 4) is 5.75 Å². The lowest BCUT2D eigenvalue weighted by molar-refractivity contribution is 0.0356. The van der Waals surface area contributed by atoms with Gasteiger partial charge in [0.15, 0.2) is 0 Å². The van der Waals surface area contributed by atoms with Gasteiger partial charge in [0.2, 0.25) is 0 Å². The van der Waals surface area contributed by atoms with Gasteiger partial charge < -0.3 is 19.4 Å². The maximum Gasteiger partial charge on any atom is 0.339 e. The molecule has 0 atom stereocenters. The van der Waals surface area contributed by atoms with E-state index in [9.17, 15) is 14.4 Å². The van der Waals surface area contributed by atoms with Crippen molar-refractivity contribution in [1.29, 1.82) is 0 Å². The molecule has 2 aliphatic rings. The molecule has 8 heteroatoms. The molecule has 1 aromatic heterocycles. The van der Waals surface area contributed by atoms with Crippen LogP contribution < -0.4 is 15.7 Å². The maximum absolute atomic E-state index is 12.0. The van der Waals surface area contributed by atoms with Crippen molar-refractivity contribution in [2.45, 2.75) is 13.0 Å². The number of carbonyl (C=O) groups is 2. The molecule has 0 unspecified atom stereocenters. The smallest absolute Gasteiger partial charge is 0.339 e. The first-order valence-corrected chi connectivity index (χ1v) is 6.65. The van der Waals surface area contributed by atoms with Gasteiger partial charge in [0.25, 0.3) is 0 Å². The van der Waals surface area contributed by atoms with Crippen molar-refractivity contribution in [1.82, 2.24) is 15.1 Å². The normalized spacial score (nSPS) is 18.4. The topological polar surface area (TPSA) is 92.1 Å². The molecule has 0 aromatic carbocycles. The average Bonchev–Trinajstić information content (AvgIpc) is 2.77. The summed E-state index contributed by atoms with van der Waals surface area (Å²) in [7, 11) is 0. The Morgan fingerprint density at radius 1 is 1.38 bits per heavy atom. The number of carbonyl (C=O) groups excluding carboxylic acids is 2. The molecular weight excluding hydrogens is 278 g/mol. The van der Waals surface area contributed by atoms with Gasteiger partial charge >= 0.3 is 17.7 Å². The Morgan fingerprint density at radius 2 is 2.14 bits per heavy atom. The van der Waals surface area contributed by atoms with Gasteiger partial charge in [-0.25, -0.2) is 19.3 Å². The third-order valence-electron chi connectivity index (χ3n) is 3.38. The maximum atomic E-state index is 12.0. The van der Waals surface area contributed by atoms with Crippen molar-refractivity contribution in [3.63, 3.8) is 0 Å². The monoisotopic (exact) mass is 293 g/mol. The summed E-state index contributed by atoms with van der Waals surface area (Å²) in [6.45, 7) is 3.32. The molecule has 4 amide bonds. The average molecular weight is 293 g/mol. The van der Waals surface area contributed by atoms with Crippen LogP contribution in [0.5, 0.6) is 5.75 Å². The van der Waals surface area contributed by atoms with Crippen LogP contribution in [0.15, 0.2) is 21.3 Å². The second-order valence-electron chi connectivity index (χ2n) is 5.03. The lowest BCUT2D eigenvalue weighted by Gasteiger charge is -2.40. The zero-order chi connectivity index (χ0) is 15.0. The first-order chi connectivity index (χ1) is 10.0. The van der Waals surface area contributed by atoms with Gasteiger partial charge in [-0.05, 0) is 6.92 Å². The molecule has 8 nitrogen and oxygen atoms in total. The lowest BCUT2D eigenvalue weighted by atomic mass is 10.2. The molecule has 0 bridgehead atoms. The summed E-state index contributed by atoms with van der Waals surface area (Å²) < 4.78 is 10.4. The summed E-state index contributed by atoms with van der Waals surface area (Å²) >= 11 is 0. The Labute approximate surface area is 120 Å². The van der Waals surface area contributed by atoms with E-state index in [4.69, 9.17) is 9.15 Å². The molecule has 1 N–H and O–H groups in total. The van der Waals surface area contributed by atoms with Crippen molar-refractivity contribution < 1.29 is 18.7 Å². The Bertz CT molecular complexity index is 635. The third-order valence-corrected chi connectivity index (χ3v) is 3.38. The standard InChI is InChI=1S/C13H15N3O5/c1-8-4-9(5-11(17)20-8)21-10-6-15(7-10)13(19)16-3-2-14-12(16)18/h4-5,10H,2-3,6-7H2,1H3,(H,14,18). The summed E-state index contributed by atoms with van der Waals surface area (Å²) in [5, 5.41) is 2.58. The SMILES string of the molecule is Cc1cc(OC2CN(C(=O)N3CCNC3=O)C2)cc(=O)o1. The highest BCUT2D eigenvalue weighted by Crippen LogP contribution is 2.19. The lowest BCUT2D eigenvalue weighted by Crippen LogP contribution is -2.60. The fraction of sp³-hybridized carbons (Fsp3) is 0.462. The second kappa shape index (κ2) is 5.12. The van der Waals surface area contributed by atoms with Crippen molar-refractivity contribution in [3.05, 3.63) is 28.3 Å². The highest BCUT2D eigenvalue weighted by atomic mass is 16.5. The number of rotatable bonds is 2. The summed E-state index contributed by atoms with van der Waals surface area (Å²) in [5.74, 6) is 0.901. The molecule has 2 fully saturated rings. The van der Waals surface area contributed by atoms with E-state index >= 15 is 0 Å². The minimum atomic E-state index is -0.467. The number of nitrogens with zero attached hydrogens (tertiary/aromatic N) is 2. The van der Waals surface area contributed by atoms with E-state index in [1.807, 2.05) is 0 Å². The Hall–Kier alpha value is -2.51. The molecule has 21 heavy (non-hydrogen) atoms. The highest BCUT2D eigenvalue weighted by Gasteiger charge is 2.38. The summed E-state index contributed by atoms with van der Waals surface area (Å²) in [6, 6.07) is 2.22. The molecule has 0 aliphatic carbocycles. The van der Waals surface area contributed by atoms with E-state index < -0.39 is 5.63 Å². The van der Waals surface area contributed by atoms with Gasteiger partial charge in [-0.15, -0.1) is 0 Å². The molecule has 3 rings (SSSR count). The van der Waals surface area contributed by atoms with Crippen LogP contribution >= 0.6 is 0 Å². The number of ether oxygens (including phenoxy) is 1. The largest absolute Gasteiger partial charge is 0.486 e. The second-order valence-corrected chi connectivity index (χ2v) is 5.03. The number of imide groups is 1. The molecule has 112 valence electrons. The first kappa shape index (κ1) is 13.5. The van der Waals surface area contributed by atoms with Crippen LogP contribution in [-0.4, -0.2) is 54.1 Å². The third kappa shape index (κ3) is 2.69. The number of amides is 4. The van der Waals surface area contributed by atoms with Crippen molar-refractivity contribution in [2.24, 2.45) is 0 Å². The minimum Gasteiger partial charge on any atom is -0.486 e. The van der Waals surface area contributed by atoms with Crippen molar-refractivity contribution >= 4 is 12.1 Å². The highest BCUT2D eigenvalue weighted by molar-refractivity contribution is 5.95. The predicted molar refractivity (Wildman–Crippen MR) is 71.2 cm³/mol. The van der Waals surface area contributed by atoms with Gasteiger partial charge in [-0.1, -0.05) is 0 Å². The molecule has 2 saturated heterocycles. The van der Waals surface area contributed by atoms with E-state index in [1.54, 1.807) is 13.0 Å². The van der Waals surface area contributed by atoms with Crippen LogP contribution in [-0.2, 0) is 0 Å². The summed E-state index contributed by atoms with van der Waals surface area (Å²) in [6.07, 6.45) is -0.180. The Morgan fingerprint density at radius 3 is 2.76 bits per heavy atom. The quantitative estimate of drug-likeness (QED) is 0.838. The van der Waals surface area contributed by atoms with Crippen LogP contribution in [0, 0.1) is 6.92 Å². The summed E-state index contributed by atoms with van der Waals surface area (Å²) in [4.78, 5) is 37.3. The minimum absolute atomic E-state index is 0.180. The van der Waals surface area contributed by atoms with E-state index in [1.165, 1.54) is 15.9 Å². The number of hydrogen-bond donors (Lipinski definition) is 1. The van der Waals surface area contributed by atoms with Crippen LogP contribution in [0.2, 0.25) is 0 Å². The Kier molecular flexibility index (Phi) is 3.28. The van der Waals surface area contributed by atoms with Gasteiger partial charge in [0.05, 0.1) is 19.2 Å². The van der Waals surface area contributed by atoms with Crippen LogP contribution in [0.4, 0.5) is 9.59 Å². The van der Waals surface area contributed by atoms with E-state index in [2.05, 4.69) is 5.32 Å². The fourth-order valence-electron chi connectivity index (χ4n) is 2.33. The number of nitrogens with one attached hydrogen (secondary N) is 1. The molecule has 2 aliphatic heterocycles. The first-order valence-electron chi connectivity index (χ1n) is 6.65. The number of aryl methyl sites for hydroxylation is 1. The summed E-state index contributed by atoms with van der Waals surface area (Å²) in [5.41, 5.74) is -0.467. The van der Waals surface area contributed by atoms with Crippen LogP contribution in [0.1, 0.15) is 5.76 Å². The van der Waals surface area contributed by atoms with E-state index in [-0.39, 0.29) is 18.2 Å². The van der Waals surface area contributed by atoms with Crippen LogP contribution in [0.3, 0.4) is 0 Å². The number of hydrogen-bond acceptors (Lipinski definition) is 5. The van der Waals surface area contributed by atoms with Gasteiger partial charge in [0.1, 0.15) is 17.6 Å². The van der Waals surface area contributed by atoms with E-state index in [0.717, 1.165) is 0 Å². The fourth-order valence-corrected chi connectivity index (χ4v) is 2.33. The van der Waals surface area contributed by atoms with Crippen molar-refractivity contribution in [2.75, 3.05) is 26.2 Å². The predicted octanol–water partition coefficient (Wildman–Crippen LogP) is 0.156. The molecular formula is C13H15N3O5. The zero-order valence-corrected chi connectivity index (χ0v) is 11.5. The zero-order valence-electron chi connectivity index (χ0n) is 11.5. The van der Waals surface area contributed by atoms with Gasteiger partial charge in [-0.2, -0.15) is 0 Å². The van der Waals surface area contributed by atoms with Gasteiger partial charge in [-0.3, -0.25) is 0 Å². The van der Waals surface area contributed by atoms with Gasteiger partial charge in [0, 0.05) is 19.2 Å².